The Morgan fingerprint density at radius 3 is 2.72 bits per heavy atom. The highest BCUT2D eigenvalue weighted by Crippen LogP contribution is 2.50. The van der Waals surface area contributed by atoms with Gasteiger partial charge in [0.1, 0.15) is 12.1 Å². The van der Waals surface area contributed by atoms with E-state index in [4.69, 9.17) is 19.4 Å². The second kappa shape index (κ2) is 15.2. The summed E-state index contributed by atoms with van der Waals surface area (Å²) in [5.74, 6) is 0.0455. The van der Waals surface area contributed by atoms with E-state index in [0.717, 1.165) is 56.2 Å². The predicted molar refractivity (Wildman–Crippen MR) is 210 cm³/mol. The minimum Gasteiger partial charge on any atom is -0.464 e. The third-order valence-corrected chi connectivity index (χ3v) is 12.5. The molecule has 1 aromatic carbocycles. The van der Waals surface area contributed by atoms with Crippen LogP contribution in [0.2, 0.25) is 0 Å². The van der Waals surface area contributed by atoms with Gasteiger partial charge < -0.3 is 19.4 Å². The van der Waals surface area contributed by atoms with Gasteiger partial charge >= 0.3 is 5.97 Å². The van der Waals surface area contributed by atoms with Gasteiger partial charge in [0.2, 0.25) is 5.91 Å². The number of rotatable bonds is 7. The molecular formula is C42H54N6O5S. The van der Waals surface area contributed by atoms with Gasteiger partial charge in [-0.2, -0.15) is 0 Å². The van der Waals surface area contributed by atoms with Gasteiger partial charge in [-0.3, -0.25) is 24.4 Å². The minimum atomic E-state index is -0.837. The summed E-state index contributed by atoms with van der Waals surface area (Å²) in [6.07, 6.45) is 3.64. The van der Waals surface area contributed by atoms with E-state index < -0.39 is 17.5 Å². The molecule has 3 aromatic heterocycles. The lowest BCUT2D eigenvalue weighted by Crippen LogP contribution is -2.60. The van der Waals surface area contributed by atoms with Gasteiger partial charge in [0.15, 0.2) is 0 Å². The molecule has 3 aliphatic rings. The van der Waals surface area contributed by atoms with Crippen molar-refractivity contribution in [2.75, 3.05) is 20.3 Å². The molecule has 0 radical (unpaired) electrons. The SMILES string of the molecule is CCn1c(-c2cccnc2[C@H](C)OC)c2c3cc(ccc31)-c1csc(n1)C[C@H](NC(=O)[C@@H]1[C@@H](C)[C@H]1C(C)C)C(=O)N1CCC[C@H](N1)C(=O)OCC(C)(C)C2. The highest BCUT2D eigenvalue weighted by atomic mass is 32.1. The number of nitrogens with one attached hydrogen (secondary N) is 2. The van der Waals surface area contributed by atoms with Crippen LogP contribution in [0.4, 0.5) is 0 Å². The van der Waals surface area contributed by atoms with Gasteiger partial charge in [-0.1, -0.05) is 40.7 Å². The molecule has 1 aliphatic carbocycles. The minimum absolute atomic E-state index is 0.0976. The lowest BCUT2D eigenvalue weighted by Gasteiger charge is -2.35. The lowest BCUT2D eigenvalue weighted by molar-refractivity contribution is -0.155. The number of amides is 2. The summed E-state index contributed by atoms with van der Waals surface area (Å²) in [4.78, 5) is 51.4. The first kappa shape index (κ1) is 38.2. The van der Waals surface area contributed by atoms with Crippen LogP contribution in [0, 0.1) is 29.1 Å². The third-order valence-electron chi connectivity index (χ3n) is 11.7. The molecule has 2 aliphatic heterocycles. The Morgan fingerprint density at radius 2 is 2.00 bits per heavy atom. The summed E-state index contributed by atoms with van der Waals surface area (Å²) in [7, 11) is 1.70. The van der Waals surface area contributed by atoms with Crippen molar-refractivity contribution < 1.29 is 23.9 Å². The van der Waals surface area contributed by atoms with Crippen LogP contribution < -0.4 is 10.7 Å². The Hall–Kier alpha value is -4.13. The molecule has 2 amide bonds. The predicted octanol–water partition coefficient (Wildman–Crippen LogP) is 6.74. The average Bonchev–Trinajstić information content (AvgIpc) is 3.48. The van der Waals surface area contributed by atoms with Crippen molar-refractivity contribution in [2.24, 2.45) is 29.1 Å². The van der Waals surface area contributed by atoms with Crippen LogP contribution >= 0.6 is 11.3 Å². The van der Waals surface area contributed by atoms with Crippen molar-refractivity contribution in [3.8, 4) is 22.5 Å². The van der Waals surface area contributed by atoms with Crippen LogP contribution in [0.15, 0.2) is 41.9 Å². The molecule has 4 aromatic rings. The second-order valence-electron chi connectivity index (χ2n) is 16.5. The number of ether oxygens (including phenoxy) is 2. The molecule has 12 heteroatoms. The smallest absolute Gasteiger partial charge is 0.324 e. The summed E-state index contributed by atoms with van der Waals surface area (Å²) in [6.45, 7) is 16.2. The Morgan fingerprint density at radius 1 is 1.20 bits per heavy atom. The number of hydrazine groups is 1. The first-order valence-electron chi connectivity index (χ1n) is 19.4. The molecule has 54 heavy (non-hydrogen) atoms. The van der Waals surface area contributed by atoms with E-state index in [9.17, 15) is 14.4 Å². The number of carbonyl (C=O) groups excluding carboxylic acids is 3. The molecule has 288 valence electrons. The third kappa shape index (κ3) is 7.32. The van der Waals surface area contributed by atoms with E-state index in [1.807, 2.05) is 24.6 Å². The monoisotopic (exact) mass is 754 g/mol. The van der Waals surface area contributed by atoms with Gasteiger partial charge in [-0.15, -0.1) is 11.3 Å². The number of nitrogens with zero attached hydrogens (tertiary/aromatic N) is 4. The zero-order valence-electron chi connectivity index (χ0n) is 32.8. The summed E-state index contributed by atoms with van der Waals surface area (Å²) < 4.78 is 14.2. The molecule has 2 N–H and O–H groups in total. The topological polar surface area (TPSA) is 128 Å². The molecule has 6 atom stereocenters. The number of aromatic nitrogens is 3. The fraction of sp³-hybridized carbons (Fsp3) is 0.548. The maximum absolute atomic E-state index is 14.2. The van der Waals surface area contributed by atoms with Crippen molar-refractivity contribution in [1.82, 2.24) is 30.3 Å². The molecule has 0 spiro atoms. The van der Waals surface area contributed by atoms with E-state index in [2.05, 4.69) is 81.1 Å². The molecule has 1 saturated carbocycles. The van der Waals surface area contributed by atoms with E-state index in [-0.39, 0.29) is 48.8 Å². The molecule has 0 unspecified atom stereocenters. The van der Waals surface area contributed by atoms with Crippen molar-refractivity contribution >= 4 is 40.0 Å². The van der Waals surface area contributed by atoms with Crippen LogP contribution in [-0.4, -0.2) is 69.7 Å². The second-order valence-corrected chi connectivity index (χ2v) is 17.4. The number of methoxy groups -OCH3 is 1. The normalized spacial score (nSPS) is 25.0. The molecule has 1 saturated heterocycles. The first-order chi connectivity index (χ1) is 25.8. The Kier molecular flexibility index (Phi) is 10.7. The maximum Gasteiger partial charge on any atom is 0.324 e. The van der Waals surface area contributed by atoms with E-state index in [0.29, 0.717) is 37.6 Å². The molecule has 2 fully saturated rings. The molecule has 5 heterocycles. The van der Waals surface area contributed by atoms with Crippen molar-refractivity contribution in [1.29, 1.82) is 0 Å². The highest BCUT2D eigenvalue weighted by Gasteiger charge is 2.53. The number of pyridine rings is 1. The van der Waals surface area contributed by atoms with Crippen LogP contribution in [-0.2, 0) is 43.2 Å². The highest BCUT2D eigenvalue weighted by molar-refractivity contribution is 7.10. The number of hydrogen-bond donors (Lipinski definition) is 2. The van der Waals surface area contributed by atoms with Crippen LogP contribution in [0.1, 0.15) is 83.7 Å². The Balaban J connectivity index is 1.33. The average molecular weight is 755 g/mol. The number of thiazole rings is 1. The Bertz CT molecular complexity index is 2050. The van der Waals surface area contributed by atoms with Crippen molar-refractivity contribution in [3.63, 3.8) is 0 Å². The van der Waals surface area contributed by atoms with E-state index in [1.54, 1.807) is 7.11 Å². The van der Waals surface area contributed by atoms with Gasteiger partial charge in [0.25, 0.3) is 5.91 Å². The molecule has 11 nitrogen and oxygen atoms in total. The summed E-state index contributed by atoms with van der Waals surface area (Å²) >= 11 is 1.49. The van der Waals surface area contributed by atoms with Crippen molar-refractivity contribution in [3.05, 3.63) is 58.2 Å². The fourth-order valence-electron chi connectivity index (χ4n) is 8.76. The number of hydrogen-bond acceptors (Lipinski definition) is 9. The van der Waals surface area contributed by atoms with Gasteiger partial charge in [0.05, 0.1) is 34.8 Å². The number of carbonyl (C=O) groups is 3. The molecular weight excluding hydrogens is 701 g/mol. The van der Waals surface area contributed by atoms with Crippen LogP contribution in [0.25, 0.3) is 33.4 Å². The lowest BCUT2D eigenvalue weighted by atomic mass is 9.84. The fourth-order valence-corrected chi connectivity index (χ4v) is 9.61. The quantitative estimate of drug-likeness (QED) is 0.199. The summed E-state index contributed by atoms with van der Waals surface area (Å²) in [6, 6.07) is 9.05. The zero-order valence-corrected chi connectivity index (χ0v) is 33.6. The number of cyclic esters (lactones) is 1. The van der Waals surface area contributed by atoms with Gasteiger partial charge in [-0.05, 0) is 80.7 Å². The van der Waals surface area contributed by atoms with Crippen molar-refractivity contribution in [2.45, 2.75) is 98.9 Å². The maximum atomic E-state index is 14.2. The van der Waals surface area contributed by atoms with Crippen LogP contribution in [0.5, 0.6) is 0 Å². The molecule has 6 bridgehead atoms. The first-order valence-corrected chi connectivity index (χ1v) is 20.3. The zero-order chi connectivity index (χ0) is 38.5. The number of aryl methyl sites for hydroxylation is 1. The molecule has 7 rings (SSSR count). The number of esters is 1. The number of benzene rings is 1. The Labute approximate surface area is 322 Å². The van der Waals surface area contributed by atoms with Gasteiger partial charge in [-0.25, -0.2) is 10.4 Å². The van der Waals surface area contributed by atoms with E-state index in [1.165, 1.54) is 16.3 Å². The largest absolute Gasteiger partial charge is 0.464 e. The van der Waals surface area contributed by atoms with E-state index >= 15 is 0 Å². The standard InChI is InChI=1S/C42H54N6O5S/c1-9-47-33-15-14-26-18-28(33)29(38(47)27-12-10-16-43-37(27)25(5)52-8)20-42(6,7)22-53-41(51)30-13-11-17-48(46-30)40(50)31(19-34-44-32(26)21-54-34)45-39(49)36-24(4)35(36)23(2)3/h10,12,14-16,18,21,23-25,30-31,35-36,46H,9,11,13,17,19-20,22H2,1-8H3,(H,45,49)/t24-,25-,30-,31-,35+,36+/m0/s1. The summed E-state index contributed by atoms with van der Waals surface area (Å²) in [5, 5.41) is 8.52. The number of fused-ring (bicyclic) bond motifs is 6. The van der Waals surface area contributed by atoms with Gasteiger partial charge in [0, 0.05) is 71.6 Å². The summed E-state index contributed by atoms with van der Waals surface area (Å²) in [5.41, 5.74) is 9.70. The van der Waals surface area contributed by atoms with Crippen LogP contribution in [0.3, 0.4) is 0 Å².